The van der Waals surface area contributed by atoms with Crippen molar-refractivity contribution < 1.29 is 0 Å². The van der Waals surface area contributed by atoms with Crippen LogP contribution in [-0.4, -0.2) is 0 Å². The van der Waals surface area contributed by atoms with Gasteiger partial charge in [0.15, 0.2) is 0 Å². The van der Waals surface area contributed by atoms with Crippen LogP contribution in [0.2, 0.25) is 0 Å². The fourth-order valence-electron chi connectivity index (χ4n) is 9.30. The summed E-state index contributed by atoms with van der Waals surface area (Å²) in [6.45, 7) is 0. The quantitative estimate of drug-likeness (QED) is 0.158. The van der Waals surface area contributed by atoms with Gasteiger partial charge in [0.2, 0.25) is 0 Å². The lowest BCUT2D eigenvalue weighted by molar-refractivity contribution is 1.32. The normalized spacial score (nSPS) is 11.8. The second-order valence-corrected chi connectivity index (χ2v) is 16.3. The molecule has 12 aromatic rings. The molecule has 0 amide bonds. The number of rotatable bonds is 5. The molecule has 58 heavy (non-hydrogen) atoms. The summed E-state index contributed by atoms with van der Waals surface area (Å²) in [5.74, 6) is 0. The van der Waals surface area contributed by atoms with E-state index in [1.165, 1.54) is 102 Å². The van der Waals surface area contributed by atoms with E-state index in [4.69, 9.17) is 0 Å². The molecule has 1 aromatic heterocycles. The van der Waals surface area contributed by atoms with E-state index in [1.807, 2.05) is 11.3 Å². The summed E-state index contributed by atoms with van der Waals surface area (Å²) in [5, 5.41) is 15.2. The van der Waals surface area contributed by atoms with Gasteiger partial charge in [-0.15, -0.1) is 11.3 Å². The van der Waals surface area contributed by atoms with Gasteiger partial charge in [-0.05, 0) is 113 Å². The first-order valence-electron chi connectivity index (χ1n) is 19.9. The zero-order valence-electron chi connectivity index (χ0n) is 31.6. The molecule has 0 saturated carbocycles. The van der Waals surface area contributed by atoms with Gasteiger partial charge in [-0.3, -0.25) is 0 Å². The predicted octanol–water partition coefficient (Wildman–Crippen LogP) is 16.6. The number of hydrogen-bond acceptors (Lipinski definition) is 2. The molecule has 0 aliphatic heterocycles. The standard InChI is InChI=1S/C56H35NS/c1-2-14-39-34-40(27-26-36(39)12-1)37-28-31-42(32-29-37)57(53-24-11-25-54-55(53)50-33-30-38-13-3-6-17-44(38)56(50)58-54)52-23-10-21-46-48(20-9-22-49(46)52)51-35-41-15-4-5-16-43(41)45-18-7-8-19-47(45)51/h1-35H. The Morgan fingerprint density at radius 1 is 0.310 bits per heavy atom. The summed E-state index contributed by atoms with van der Waals surface area (Å²) in [6.07, 6.45) is 0. The second kappa shape index (κ2) is 13.2. The molecule has 0 aliphatic carbocycles. The van der Waals surface area contributed by atoms with Crippen LogP contribution >= 0.6 is 11.3 Å². The van der Waals surface area contributed by atoms with E-state index in [0.717, 1.165) is 11.4 Å². The van der Waals surface area contributed by atoms with Crippen LogP contribution in [0.3, 0.4) is 0 Å². The third-order valence-corrected chi connectivity index (χ3v) is 13.2. The molecule has 0 spiro atoms. The molecule has 0 aliphatic rings. The molecule has 1 heterocycles. The summed E-state index contributed by atoms with van der Waals surface area (Å²) in [6, 6.07) is 78.3. The van der Waals surface area contributed by atoms with Gasteiger partial charge >= 0.3 is 0 Å². The maximum Gasteiger partial charge on any atom is 0.0555 e. The first kappa shape index (κ1) is 32.9. The van der Waals surface area contributed by atoms with Gasteiger partial charge in [-0.25, -0.2) is 0 Å². The number of anilines is 3. The van der Waals surface area contributed by atoms with Crippen molar-refractivity contribution in [1.29, 1.82) is 0 Å². The van der Waals surface area contributed by atoms with Crippen LogP contribution in [0.25, 0.3) is 96.3 Å². The number of benzene rings is 11. The average Bonchev–Trinajstić information content (AvgIpc) is 3.69. The molecular weight excluding hydrogens is 719 g/mol. The van der Waals surface area contributed by atoms with Crippen molar-refractivity contribution in [2.24, 2.45) is 0 Å². The molecule has 0 bridgehead atoms. The lowest BCUT2D eigenvalue weighted by atomic mass is 9.90. The van der Waals surface area contributed by atoms with Gasteiger partial charge in [-0.1, -0.05) is 170 Å². The molecule has 2 heteroatoms. The number of fused-ring (bicyclic) bond motifs is 10. The highest BCUT2D eigenvalue weighted by molar-refractivity contribution is 7.26. The molecule has 12 rings (SSSR count). The Labute approximate surface area is 340 Å². The highest BCUT2D eigenvalue weighted by atomic mass is 32.1. The van der Waals surface area contributed by atoms with Crippen molar-refractivity contribution in [1.82, 2.24) is 0 Å². The topological polar surface area (TPSA) is 3.24 Å². The van der Waals surface area contributed by atoms with Gasteiger partial charge in [0.25, 0.3) is 0 Å². The molecule has 270 valence electrons. The van der Waals surface area contributed by atoms with Gasteiger partial charge < -0.3 is 4.90 Å². The molecule has 0 radical (unpaired) electrons. The molecule has 0 fully saturated rings. The SMILES string of the molecule is c1ccc2cc(-c3ccc(N(c4cccc5c(-c6cc7ccccc7c7ccccc67)cccc45)c4cccc5sc6c7ccccc7ccc6c45)cc3)ccc2c1. The highest BCUT2D eigenvalue weighted by Crippen LogP contribution is 2.49. The van der Waals surface area contributed by atoms with E-state index in [-0.39, 0.29) is 0 Å². The minimum Gasteiger partial charge on any atom is -0.309 e. The van der Waals surface area contributed by atoms with Crippen molar-refractivity contribution in [3.63, 3.8) is 0 Å². The molecule has 0 saturated heterocycles. The maximum atomic E-state index is 2.50. The fourth-order valence-corrected chi connectivity index (χ4v) is 10.6. The molecule has 11 aromatic carbocycles. The Bertz CT molecular complexity index is 3580. The van der Waals surface area contributed by atoms with Crippen molar-refractivity contribution >= 4 is 102 Å². The zero-order valence-corrected chi connectivity index (χ0v) is 32.4. The third-order valence-electron chi connectivity index (χ3n) is 12.0. The third kappa shape index (κ3) is 5.16. The van der Waals surface area contributed by atoms with E-state index in [2.05, 4.69) is 217 Å². The summed E-state index contributed by atoms with van der Waals surface area (Å²) >= 11 is 1.89. The lowest BCUT2D eigenvalue weighted by Gasteiger charge is -2.28. The van der Waals surface area contributed by atoms with Crippen LogP contribution in [0.4, 0.5) is 17.1 Å². The van der Waals surface area contributed by atoms with Gasteiger partial charge in [0, 0.05) is 31.2 Å². The predicted molar refractivity (Wildman–Crippen MR) is 252 cm³/mol. The van der Waals surface area contributed by atoms with Crippen molar-refractivity contribution in [2.45, 2.75) is 0 Å². The smallest absolute Gasteiger partial charge is 0.0555 e. The van der Waals surface area contributed by atoms with Crippen LogP contribution in [0.1, 0.15) is 0 Å². The maximum absolute atomic E-state index is 2.50. The van der Waals surface area contributed by atoms with E-state index in [1.54, 1.807) is 0 Å². The van der Waals surface area contributed by atoms with Crippen molar-refractivity contribution in [2.75, 3.05) is 4.90 Å². The molecule has 0 unspecified atom stereocenters. The second-order valence-electron chi connectivity index (χ2n) is 15.2. The molecule has 0 N–H and O–H groups in total. The highest BCUT2D eigenvalue weighted by Gasteiger charge is 2.22. The Kier molecular flexibility index (Phi) is 7.47. The van der Waals surface area contributed by atoms with Crippen molar-refractivity contribution in [3.05, 3.63) is 212 Å². The molecule has 1 nitrogen and oxygen atoms in total. The van der Waals surface area contributed by atoms with E-state index in [0.29, 0.717) is 0 Å². The summed E-state index contributed by atoms with van der Waals surface area (Å²) in [4.78, 5) is 2.50. The van der Waals surface area contributed by atoms with Crippen LogP contribution in [0.15, 0.2) is 212 Å². The van der Waals surface area contributed by atoms with E-state index in [9.17, 15) is 0 Å². The zero-order chi connectivity index (χ0) is 38.2. The van der Waals surface area contributed by atoms with Gasteiger partial charge in [0.1, 0.15) is 0 Å². The fraction of sp³-hybridized carbons (Fsp3) is 0. The summed E-state index contributed by atoms with van der Waals surface area (Å²) < 4.78 is 2.61. The van der Waals surface area contributed by atoms with Crippen LogP contribution in [0, 0.1) is 0 Å². The number of hydrogen-bond donors (Lipinski definition) is 0. The summed E-state index contributed by atoms with van der Waals surface area (Å²) in [7, 11) is 0. The lowest BCUT2D eigenvalue weighted by Crippen LogP contribution is -2.11. The Balaban J connectivity index is 1.10. The molecular formula is C56H35NS. The monoisotopic (exact) mass is 753 g/mol. The van der Waals surface area contributed by atoms with E-state index >= 15 is 0 Å². The van der Waals surface area contributed by atoms with Crippen LogP contribution < -0.4 is 4.90 Å². The average molecular weight is 754 g/mol. The minimum absolute atomic E-state index is 1.12. The minimum atomic E-state index is 1.12. The Hall–Kier alpha value is -7.26. The van der Waals surface area contributed by atoms with Crippen molar-refractivity contribution in [3.8, 4) is 22.3 Å². The Morgan fingerprint density at radius 3 is 1.78 bits per heavy atom. The molecule has 0 atom stereocenters. The van der Waals surface area contributed by atoms with Gasteiger partial charge in [-0.2, -0.15) is 0 Å². The largest absolute Gasteiger partial charge is 0.309 e. The van der Waals surface area contributed by atoms with Crippen LogP contribution in [-0.2, 0) is 0 Å². The Morgan fingerprint density at radius 2 is 0.914 bits per heavy atom. The first-order valence-corrected chi connectivity index (χ1v) is 20.7. The van der Waals surface area contributed by atoms with Gasteiger partial charge in [0.05, 0.1) is 11.4 Å². The number of thiophene rings is 1. The number of nitrogens with zero attached hydrogens (tertiary/aromatic N) is 1. The summed E-state index contributed by atoms with van der Waals surface area (Å²) in [5.41, 5.74) is 8.34. The first-order chi connectivity index (χ1) is 28.8. The van der Waals surface area contributed by atoms with Crippen LogP contribution in [0.5, 0.6) is 0 Å². The van der Waals surface area contributed by atoms with E-state index < -0.39 is 0 Å².